The van der Waals surface area contributed by atoms with Crippen molar-refractivity contribution in [2.75, 3.05) is 13.1 Å². The minimum atomic E-state index is 0.0300. The molecule has 2 rings (SSSR count). The molecule has 0 bridgehead atoms. The van der Waals surface area contributed by atoms with Gasteiger partial charge in [0.15, 0.2) is 0 Å². The van der Waals surface area contributed by atoms with Crippen molar-refractivity contribution in [1.29, 1.82) is 0 Å². The first-order chi connectivity index (χ1) is 7.66. The molecule has 1 N–H and O–H groups in total. The number of hydrogen-bond donors (Lipinski definition) is 1. The van der Waals surface area contributed by atoms with Gasteiger partial charge < -0.3 is 10.0 Å². The average molecular weight is 219 g/mol. The molecule has 1 aliphatic heterocycles. The number of benzene rings is 1. The predicted octanol–water partition coefficient (Wildman–Crippen LogP) is 2.26. The first kappa shape index (κ1) is 11.0. The van der Waals surface area contributed by atoms with E-state index in [0.29, 0.717) is 11.5 Å². The topological polar surface area (TPSA) is 40.5 Å². The van der Waals surface area contributed by atoms with Crippen LogP contribution in [-0.4, -0.2) is 29.0 Å². The highest BCUT2D eigenvalue weighted by Gasteiger charge is 2.21. The number of phenols is 1. The Kier molecular flexibility index (Phi) is 3.13. The second-order valence-corrected chi connectivity index (χ2v) is 4.55. The molecule has 1 fully saturated rings. The molecule has 3 nitrogen and oxygen atoms in total. The van der Waals surface area contributed by atoms with Gasteiger partial charge in [-0.2, -0.15) is 0 Å². The van der Waals surface area contributed by atoms with Crippen LogP contribution in [0.15, 0.2) is 24.3 Å². The highest BCUT2D eigenvalue weighted by Crippen LogP contribution is 2.19. The Hall–Kier alpha value is -1.51. The second kappa shape index (κ2) is 4.56. The van der Waals surface area contributed by atoms with Crippen molar-refractivity contribution in [3.8, 4) is 5.75 Å². The minimum Gasteiger partial charge on any atom is -0.508 e. The van der Waals surface area contributed by atoms with Crippen molar-refractivity contribution in [2.45, 2.75) is 19.8 Å². The standard InChI is InChI=1S/C13H17NO2/c1-10-4-3-7-14(9-10)13(16)11-5-2-6-12(15)8-11/h2,5-6,8,10,15H,3-4,7,9H2,1H3. The van der Waals surface area contributed by atoms with Crippen LogP contribution in [0.1, 0.15) is 30.1 Å². The molecule has 1 aliphatic rings. The van der Waals surface area contributed by atoms with E-state index in [1.165, 1.54) is 12.5 Å². The summed E-state index contributed by atoms with van der Waals surface area (Å²) in [6.45, 7) is 3.83. The Balaban J connectivity index is 2.12. The molecule has 1 amide bonds. The van der Waals surface area contributed by atoms with Crippen molar-refractivity contribution in [2.24, 2.45) is 5.92 Å². The van der Waals surface area contributed by atoms with Gasteiger partial charge in [0.2, 0.25) is 0 Å². The quantitative estimate of drug-likeness (QED) is 0.787. The van der Waals surface area contributed by atoms with Crippen LogP contribution >= 0.6 is 0 Å². The van der Waals surface area contributed by atoms with E-state index < -0.39 is 0 Å². The van der Waals surface area contributed by atoms with Gasteiger partial charge in [-0.15, -0.1) is 0 Å². The van der Waals surface area contributed by atoms with Crippen molar-refractivity contribution in [3.63, 3.8) is 0 Å². The van der Waals surface area contributed by atoms with Gasteiger partial charge in [0, 0.05) is 18.7 Å². The molecule has 1 atom stereocenters. The average Bonchev–Trinajstić information content (AvgIpc) is 2.28. The fourth-order valence-corrected chi connectivity index (χ4v) is 2.20. The monoisotopic (exact) mass is 219 g/mol. The van der Waals surface area contributed by atoms with Gasteiger partial charge in [0.1, 0.15) is 5.75 Å². The summed E-state index contributed by atoms with van der Waals surface area (Å²) < 4.78 is 0. The number of nitrogens with zero attached hydrogens (tertiary/aromatic N) is 1. The van der Waals surface area contributed by atoms with Crippen LogP contribution in [0.25, 0.3) is 0 Å². The number of likely N-dealkylation sites (tertiary alicyclic amines) is 1. The summed E-state index contributed by atoms with van der Waals surface area (Å²) in [6.07, 6.45) is 2.27. The van der Waals surface area contributed by atoms with Crippen LogP contribution in [0.5, 0.6) is 5.75 Å². The van der Waals surface area contributed by atoms with Gasteiger partial charge in [-0.3, -0.25) is 4.79 Å². The van der Waals surface area contributed by atoms with E-state index in [0.717, 1.165) is 19.5 Å². The third-order valence-corrected chi connectivity index (χ3v) is 3.04. The molecule has 16 heavy (non-hydrogen) atoms. The number of carbonyl (C=O) groups is 1. The van der Waals surface area contributed by atoms with Gasteiger partial charge >= 0.3 is 0 Å². The third kappa shape index (κ3) is 2.35. The summed E-state index contributed by atoms with van der Waals surface area (Å²) in [6, 6.07) is 6.56. The Bertz CT molecular complexity index is 389. The van der Waals surface area contributed by atoms with Gasteiger partial charge in [0.05, 0.1) is 0 Å². The summed E-state index contributed by atoms with van der Waals surface area (Å²) in [5.74, 6) is 0.758. The molecular formula is C13H17NO2. The normalized spacial score (nSPS) is 20.8. The Morgan fingerprint density at radius 3 is 3.00 bits per heavy atom. The lowest BCUT2D eigenvalue weighted by molar-refractivity contribution is 0.0682. The van der Waals surface area contributed by atoms with Crippen LogP contribution < -0.4 is 0 Å². The van der Waals surface area contributed by atoms with E-state index in [1.54, 1.807) is 18.2 Å². The Morgan fingerprint density at radius 2 is 2.31 bits per heavy atom. The maximum atomic E-state index is 12.1. The second-order valence-electron chi connectivity index (χ2n) is 4.55. The molecule has 0 radical (unpaired) electrons. The SMILES string of the molecule is CC1CCCN(C(=O)c2cccc(O)c2)C1. The number of rotatable bonds is 1. The number of amides is 1. The summed E-state index contributed by atoms with van der Waals surface area (Å²) in [4.78, 5) is 14.0. The highest BCUT2D eigenvalue weighted by molar-refractivity contribution is 5.94. The lowest BCUT2D eigenvalue weighted by atomic mass is 9.99. The number of carbonyl (C=O) groups excluding carboxylic acids is 1. The van der Waals surface area contributed by atoms with Crippen LogP contribution in [0.3, 0.4) is 0 Å². The lowest BCUT2D eigenvalue weighted by Crippen LogP contribution is -2.39. The molecule has 1 aromatic rings. The number of hydrogen-bond acceptors (Lipinski definition) is 2. The lowest BCUT2D eigenvalue weighted by Gasteiger charge is -2.31. The van der Waals surface area contributed by atoms with E-state index in [9.17, 15) is 9.90 Å². The molecule has 1 unspecified atom stereocenters. The molecule has 1 saturated heterocycles. The number of piperidine rings is 1. The molecule has 1 aromatic carbocycles. The van der Waals surface area contributed by atoms with Gasteiger partial charge in [-0.25, -0.2) is 0 Å². The minimum absolute atomic E-state index is 0.0300. The smallest absolute Gasteiger partial charge is 0.253 e. The van der Waals surface area contributed by atoms with Crippen LogP contribution in [0.2, 0.25) is 0 Å². The van der Waals surface area contributed by atoms with Gasteiger partial charge in [0.25, 0.3) is 5.91 Å². The maximum Gasteiger partial charge on any atom is 0.253 e. The molecule has 0 saturated carbocycles. The van der Waals surface area contributed by atoms with Crippen LogP contribution in [-0.2, 0) is 0 Å². The van der Waals surface area contributed by atoms with E-state index >= 15 is 0 Å². The third-order valence-electron chi connectivity index (χ3n) is 3.04. The van der Waals surface area contributed by atoms with Crippen LogP contribution in [0, 0.1) is 5.92 Å². The fraction of sp³-hybridized carbons (Fsp3) is 0.462. The summed E-state index contributed by atoms with van der Waals surface area (Å²) in [5.41, 5.74) is 0.578. The van der Waals surface area contributed by atoms with Gasteiger partial charge in [-0.05, 0) is 37.0 Å². The Labute approximate surface area is 95.7 Å². The first-order valence-corrected chi connectivity index (χ1v) is 5.75. The van der Waals surface area contributed by atoms with E-state index in [-0.39, 0.29) is 11.7 Å². The molecule has 0 aromatic heterocycles. The maximum absolute atomic E-state index is 12.1. The Morgan fingerprint density at radius 1 is 1.50 bits per heavy atom. The zero-order valence-corrected chi connectivity index (χ0v) is 9.52. The van der Waals surface area contributed by atoms with Crippen LogP contribution in [0.4, 0.5) is 0 Å². The van der Waals surface area contributed by atoms with Crippen molar-refractivity contribution >= 4 is 5.91 Å². The highest BCUT2D eigenvalue weighted by atomic mass is 16.3. The molecule has 86 valence electrons. The summed E-state index contributed by atoms with van der Waals surface area (Å²) >= 11 is 0. The van der Waals surface area contributed by atoms with Crippen molar-refractivity contribution in [1.82, 2.24) is 4.90 Å². The molecule has 3 heteroatoms. The fourth-order valence-electron chi connectivity index (χ4n) is 2.20. The zero-order valence-electron chi connectivity index (χ0n) is 9.52. The largest absolute Gasteiger partial charge is 0.508 e. The molecular weight excluding hydrogens is 202 g/mol. The predicted molar refractivity (Wildman–Crippen MR) is 62.4 cm³/mol. The molecule has 0 aliphatic carbocycles. The summed E-state index contributed by atoms with van der Waals surface area (Å²) in [5, 5.41) is 9.34. The first-order valence-electron chi connectivity index (χ1n) is 5.75. The molecule has 0 spiro atoms. The number of phenolic OH excluding ortho intramolecular Hbond substituents is 1. The van der Waals surface area contributed by atoms with E-state index in [4.69, 9.17) is 0 Å². The zero-order chi connectivity index (χ0) is 11.5. The molecule has 1 heterocycles. The van der Waals surface area contributed by atoms with Crippen molar-refractivity contribution < 1.29 is 9.90 Å². The van der Waals surface area contributed by atoms with Crippen molar-refractivity contribution in [3.05, 3.63) is 29.8 Å². The van der Waals surface area contributed by atoms with E-state index in [2.05, 4.69) is 6.92 Å². The van der Waals surface area contributed by atoms with Gasteiger partial charge in [-0.1, -0.05) is 13.0 Å². The summed E-state index contributed by atoms with van der Waals surface area (Å²) in [7, 11) is 0. The van der Waals surface area contributed by atoms with E-state index in [1.807, 2.05) is 4.90 Å². The number of aromatic hydroxyl groups is 1.